The van der Waals surface area contributed by atoms with Crippen molar-refractivity contribution in [1.29, 1.82) is 0 Å². The van der Waals surface area contributed by atoms with E-state index in [1.165, 1.54) is 0 Å². The van der Waals surface area contributed by atoms with Crippen molar-refractivity contribution in [3.05, 3.63) is 48.3 Å². The Morgan fingerprint density at radius 1 is 0.917 bits per heavy atom. The molecule has 128 valence electrons. The van der Waals surface area contributed by atoms with E-state index in [-0.39, 0.29) is 0 Å². The molecule has 3 rings (SSSR count). The van der Waals surface area contributed by atoms with Crippen LogP contribution in [0.5, 0.6) is 0 Å². The van der Waals surface area contributed by atoms with Gasteiger partial charge in [0.2, 0.25) is 0 Å². The summed E-state index contributed by atoms with van der Waals surface area (Å²) in [7, 11) is -0.841. The molecule has 1 fully saturated rings. The minimum atomic E-state index is -4.44. The highest BCUT2D eigenvalue weighted by atomic mass is 19.4. The van der Waals surface area contributed by atoms with E-state index in [4.69, 9.17) is 9.31 Å². The number of nitrogens with zero attached hydrogens (tertiary/aromatic N) is 1. The Bertz CT molecular complexity index is 723. The highest BCUT2D eigenvalue weighted by Gasteiger charge is 2.52. The van der Waals surface area contributed by atoms with Gasteiger partial charge in [-0.05, 0) is 57.4 Å². The van der Waals surface area contributed by atoms with Crippen LogP contribution in [0.25, 0.3) is 5.69 Å². The molecule has 0 spiro atoms. The zero-order chi connectivity index (χ0) is 17.8. The Morgan fingerprint density at radius 3 is 1.96 bits per heavy atom. The fraction of sp³-hybridized carbons (Fsp3) is 0.412. The quantitative estimate of drug-likeness (QED) is 0.779. The number of benzene rings is 1. The largest absolute Gasteiger partial charge is 0.494 e. The van der Waals surface area contributed by atoms with Crippen molar-refractivity contribution >= 4 is 12.6 Å². The van der Waals surface area contributed by atoms with Crippen LogP contribution in [0.3, 0.4) is 0 Å². The summed E-state index contributed by atoms with van der Waals surface area (Å²) >= 11 is 0. The molecular weight excluding hydrogens is 318 g/mol. The maximum atomic E-state index is 13.3. The van der Waals surface area contributed by atoms with Gasteiger partial charge in [-0.25, -0.2) is 0 Å². The summed E-state index contributed by atoms with van der Waals surface area (Å²) in [5.74, 6) is 0. The summed E-state index contributed by atoms with van der Waals surface area (Å²) in [6.07, 6.45) is -1.05. The third kappa shape index (κ3) is 2.98. The fourth-order valence-electron chi connectivity index (χ4n) is 2.57. The standard InChI is InChI=1S/C17H19BF3NO2/c1-15(2)16(3,4)24-18(23-15)13-9-12(17(19,20)21)10-14(11-13)22-7-5-6-8-22/h5-11H,1-4H3. The van der Waals surface area contributed by atoms with Gasteiger partial charge in [-0.3, -0.25) is 0 Å². The van der Waals surface area contributed by atoms with E-state index in [2.05, 4.69) is 0 Å². The van der Waals surface area contributed by atoms with Crippen LogP contribution in [-0.2, 0) is 15.5 Å². The molecule has 0 aliphatic carbocycles. The molecule has 7 heteroatoms. The molecule has 0 unspecified atom stereocenters. The third-order valence-electron chi connectivity index (χ3n) is 4.70. The lowest BCUT2D eigenvalue weighted by molar-refractivity contribution is -0.137. The smallest absolute Gasteiger partial charge is 0.399 e. The summed E-state index contributed by atoms with van der Waals surface area (Å²) in [4.78, 5) is 0. The van der Waals surface area contributed by atoms with Crippen LogP contribution in [0.1, 0.15) is 33.3 Å². The second-order valence-corrected chi connectivity index (χ2v) is 6.99. The number of hydrogen-bond acceptors (Lipinski definition) is 2. The number of halogens is 3. The maximum Gasteiger partial charge on any atom is 0.494 e. The van der Waals surface area contributed by atoms with E-state index < -0.39 is 30.1 Å². The minimum absolute atomic E-state index is 0.354. The first-order chi connectivity index (χ1) is 11.0. The van der Waals surface area contributed by atoms with Gasteiger partial charge in [0.15, 0.2) is 0 Å². The van der Waals surface area contributed by atoms with Gasteiger partial charge in [0, 0.05) is 18.1 Å². The van der Waals surface area contributed by atoms with Gasteiger partial charge >= 0.3 is 13.3 Å². The van der Waals surface area contributed by atoms with Crippen molar-refractivity contribution in [3.63, 3.8) is 0 Å². The molecule has 1 aliphatic heterocycles. The van der Waals surface area contributed by atoms with Crippen molar-refractivity contribution in [2.45, 2.75) is 45.1 Å². The molecule has 0 amide bonds. The molecule has 1 aromatic heterocycles. The third-order valence-corrected chi connectivity index (χ3v) is 4.70. The molecule has 24 heavy (non-hydrogen) atoms. The first-order valence-electron chi connectivity index (χ1n) is 7.71. The van der Waals surface area contributed by atoms with E-state index in [9.17, 15) is 13.2 Å². The Labute approximate surface area is 139 Å². The Balaban J connectivity index is 2.07. The first-order valence-corrected chi connectivity index (χ1v) is 7.71. The molecule has 0 atom stereocenters. The van der Waals surface area contributed by atoms with Gasteiger partial charge in [-0.15, -0.1) is 0 Å². The second-order valence-electron chi connectivity index (χ2n) is 6.99. The summed E-state index contributed by atoms with van der Waals surface area (Å²) in [6.45, 7) is 7.47. The Kier molecular flexibility index (Phi) is 3.84. The first kappa shape index (κ1) is 17.1. The molecule has 2 heterocycles. The summed E-state index contributed by atoms with van der Waals surface area (Å²) in [5, 5.41) is 0. The van der Waals surface area contributed by atoms with Crippen LogP contribution in [0.4, 0.5) is 13.2 Å². The van der Waals surface area contributed by atoms with Gasteiger partial charge in [-0.1, -0.05) is 6.07 Å². The molecular formula is C17H19BF3NO2. The number of alkyl halides is 3. The summed E-state index contributed by atoms with van der Waals surface area (Å²) < 4.78 is 53.3. The lowest BCUT2D eigenvalue weighted by Gasteiger charge is -2.32. The minimum Gasteiger partial charge on any atom is -0.399 e. The molecule has 2 aromatic rings. The lowest BCUT2D eigenvalue weighted by Crippen LogP contribution is -2.41. The zero-order valence-electron chi connectivity index (χ0n) is 14.0. The van der Waals surface area contributed by atoms with Crippen LogP contribution in [-0.4, -0.2) is 22.9 Å². The molecule has 0 saturated carbocycles. The molecule has 0 bridgehead atoms. The van der Waals surface area contributed by atoms with Gasteiger partial charge in [0.25, 0.3) is 0 Å². The van der Waals surface area contributed by atoms with Crippen molar-refractivity contribution in [2.75, 3.05) is 0 Å². The Hall–Kier alpha value is -1.73. The lowest BCUT2D eigenvalue weighted by atomic mass is 9.78. The number of hydrogen-bond donors (Lipinski definition) is 0. The molecule has 1 saturated heterocycles. The van der Waals surface area contributed by atoms with Crippen LogP contribution in [0.2, 0.25) is 0 Å². The van der Waals surface area contributed by atoms with Crippen molar-refractivity contribution in [2.24, 2.45) is 0 Å². The van der Waals surface area contributed by atoms with E-state index in [1.54, 1.807) is 35.2 Å². The highest BCUT2D eigenvalue weighted by Crippen LogP contribution is 2.37. The normalized spacial score (nSPS) is 19.7. The number of aromatic nitrogens is 1. The number of rotatable bonds is 2. The topological polar surface area (TPSA) is 23.4 Å². The molecule has 0 radical (unpaired) electrons. The van der Waals surface area contributed by atoms with Gasteiger partial charge < -0.3 is 13.9 Å². The zero-order valence-corrected chi connectivity index (χ0v) is 14.0. The van der Waals surface area contributed by atoms with Gasteiger partial charge in [0.05, 0.1) is 16.8 Å². The van der Waals surface area contributed by atoms with E-state index in [1.807, 2.05) is 27.7 Å². The van der Waals surface area contributed by atoms with Crippen molar-refractivity contribution < 1.29 is 22.5 Å². The van der Waals surface area contributed by atoms with Crippen LogP contribution in [0.15, 0.2) is 42.7 Å². The molecule has 0 N–H and O–H groups in total. The highest BCUT2D eigenvalue weighted by molar-refractivity contribution is 6.62. The maximum absolute atomic E-state index is 13.3. The van der Waals surface area contributed by atoms with Crippen molar-refractivity contribution in [1.82, 2.24) is 4.57 Å². The van der Waals surface area contributed by atoms with Crippen molar-refractivity contribution in [3.8, 4) is 5.69 Å². The monoisotopic (exact) mass is 337 g/mol. The summed E-state index contributed by atoms with van der Waals surface area (Å²) in [6, 6.07) is 7.39. The van der Waals surface area contributed by atoms with Crippen LogP contribution >= 0.6 is 0 Å². The van der Waals surface area contributed by atoms with Crippen LogP contribution in [0, 0.1) is 0 Å². The van der Waals surface area contributed by atoms with Gasteiger partial charge in [-0.2, -0.15) is 13.2 Å². The predicted molar refractivity (Wildman–Crippen MR) is 86.5 cm³/mol. The van der Waals surface area contributed by atoms with E-state index in [0.717, 1.165) is 12.1 Å². The van der Waals surface area contributed by atoms with Crippen LogP contribution < -0.4 is 5.46 Å². The van der Waals surface area contributed by atoms with Gasteiger partial charge in [0.1, 0.15) is 0 Å². The Morgan fingerprint density at radius 2 is 1.46 bits per heavy atom. The summed E-state index contributed by atoms with van der Waals surface area (Å²) in [5.41, 5.74) is -1.18. The molecule has 3 nitrogen and oxygen atoms in total. The average molecular weight is 337 g/mol. The fourth-order valence-corrected chi connectivity index (χ4v) is 2.57. The average Bonchev–Trinajstić information content (AvgIpc) is 3.04. The molecule has 1 aromatic carbocycles. The van der Waals surface area contributed by atoms with E-state index >= 15 is 0 Å². The molecule has 1 aliphatic rings. The van der Waals surface area contributed by atoms with E-state index in [0.29, 0.717) is 11.2 Å². The predicted octanol–water partition coefficient (Wildman–Crippen LogP) is 3.80. The SMILES string of the molecule is CC1(C)OB(c2cc(-n3cccc3)cc(C(F)(F)F)c2)OC1(C)C. The second kappa shape index (κ2) is 5.39.